The number of urea groups is 1. The van der Waals surface area contributed by atoms with Crippen LogP contribution in [0.5, 0.6) is 0 Å². The van der Waals surface area contributed by atoms with Crippen molar-refractivity contribution in [1.82, 2.24) is 9.80 Å². The number of furan rings is 1. The lowest BCUT2D eigenvalue weighted by Gasteiger charge is -2.19. The van der Waals surface area contributed by atoms with Gasteiger partial charge in [0.25, 0.3) is 5.91 Å². The van der Waals surface area contributed by atoms with Crippen LogP contribution in [0.15, 0.2) is 41.0 Å². The van der Waals surface area contributed by atoms with Crippen LogP contribution >= 0.6 is 0 Å². The summed E-state index contributed by atoms with van der Waals surface area (Å²) in [5.41, 5.74) is 1.89. The number of nitrogens with zero attached hydrogens (tertiary/aromatic N) is 2. The largest absolute Gasteiger partial charge is 0.469 e. The first-order chi connectivity index (χ1) is 10.9. The Hall–Kier alpha value is -2.76. The van der Waals surface area contributed by atoms with Gasteiger partial charge in [-0.3, -0.25) is 4.79 Å². The zero-order chi connectivity index (χ0) is 17.0. The Morgan fingerprint density at radius 3 is 2.43 bits per heavy atom. The number of benzene rings is 1. The van der Waals surface area contributed by atoms with Crippen LogP contribution in [0.25, 0.3) is 0 Å². The van der Waals surface area contributed by atoms with Crippen LogP contribution < -0.4 is 5.32 Å². The molecule has 6 heteroatoms. The summed E-state index contributed by atoms with van der Waals surface area (Å²) in [7, 11) is 5.04. The number of hydrogen-bond acceptors (Lipinski definition) is 3. The highest BCUT2D eigenvalue weighted by atomic mass is 16.3. The third kappa shape index (κ3) is 3.91. The van der Waals surface area contributed by atoms with Gasteiger partial charge in [-0.2, -0.15) is 0 Å². The van der Waals surface area contributed by atoms with E-state index in [1.807, 2.05) is 13.0 Å². The number of aryl methyl sites for hydroxylation is 1. The maximum atomic E-state index is 12.4. The lowest BCUT2D eigenvalue weighted by atomic mass is 10.1. The molecule has 23 heavy (non-hydrogen) atoms. The second kappa shape index (κ2) is 7.00. The molecule has 0 atom stereocenters. The number of hydrogen-bond donors (Lipinski definition) is 1. The van der Waals surface area contributed by atoms with Crippen molar-refractivity contribution in [3.8, 4) is 0 Å². The molecule has 6 nitrogen and oxygen atoms in total. The molecule has 0 aliphatic heterocycles. The van der Waals surface area contributed by atoms with Crippen molar-refractivity contribution in [2.45, 2.75) is 13.5 Å². The van der Waals surface area contributed by atoms with Crippen LogP contribution in [0.2, 0.25) is 0 Å². The molecule has 1 N–H and O–H groups in total. The summed E-state index contributed by atoms with van der Waals surface area (Å²) in [6, 6.07) is 8.50. The van der Waals surface area contributed by atoms with E-state index >= 15 is 0 Å². The van der Waals surface area contributed by atoms with Crippen molar-refractivity contribution >= 4 is 17.6 Å². The molecular formula is C17H21N3O3. The quantitative estimate of drug-likeness (QED) is 0.943. The Bertz CT molecular complexity index is 707. The van der Waals surface area contributed by atoms with Gasteiger partial charge in [0.15, 0.2) is 0 Å². The molecule has 0 saturated heterocycles. The van der Waals surface area contributed by atoms with Gasteiger partial charge in [0.2, 0.25) is 0 Å². The average molecular weight is 315 g/mol. The highest BCUT2D eigenvalue weighted by molar-refractivity contribution is 6.03. The zero-order valence-corrected chi connectivity index (χ0v) is 13.8. The summed E-state index contributed by atoms with van der Waals surface area (Å²) in [6.45, 7) is 2.28. The van der Waals surface area contributed by atoms with Gasteiger partial charge in [0, 0.05) is 26.7 Å². The summed E-state index contributed by atoms with van der Waals surface area (Å²) in [5.74, 6) is 0.627. The molecule has 1 aromatic carbocycles. The number of rotatable bonds is 4. The van der Waals surface area contributed by atoms with Crippen LogP contribution in [0.1, 0.15) is 21.7 Å². The number of nitrogens with one attached hydrogen (secondary N) is 1. The van der Waals surface area contributed by atoms with Crippen molar-refractivity contribution in [2.24, 2.45) is 0 Å². The fourth-order valence-electron chi connectivity index (χ4n) is 2.13. The minimum atomic E-state index is -0.287. The minimum Gasteiger partial charge on any atom is -0.469 e. The maximum Gasteiger partial charge on any atom is 0.321 e. The lowest BCUT2D eigenvalue weighted by Crippen LogP contribution is -2.32. The smallest absolute Gasteiger partial charge is 0.321 e. The van der Waals surface area contributed by atoms with Crippen LogP contribution in [-0.4, -0.2) is 42.9 Å². The predicted molar refractivity (Wildman–Crippen MR) is 88.4 cm³/mol. The van der Waals surface area contributed by atoms with Gasteiger partial charge in [0.1, 0.15) is 5.76 Å². The predicted octanol–water partition coefficient (Wildman–Crippen LogP) is 2.95. The SMILES string of the molecule is Cc1occc1CN(C)C(=O)Nc1ccccc1C(=O)N(C)C. The summed E-state index contributed by atoms with van der Waals surface area (Å²) >= 11 is 0. The Morgan fingerprint density at radius 1 is 1.13 bits per heavy atom. The van der Waals surface area contributed by atoms with Gasteiger partial charge < -0.3 is 19.5 Å². The minimum absolute atomic E-state index is 0.158. The highest BCUT2D eigenvalue weighted by Crippen LogP contribution is 2.18. The van der Waals surface area contributed by atoms with Crippen LogP contribution in [0.3, 0.4) is 0 Å². The Balaban J connectivity index is 2.11. The number of para-hydroxylation sites is 1. The van der Waals surface area contributed by atoms with E-state index in [-0.39, 0.29) is 11.9 Å². The summed E-state index contributed by atoms with van der Waals surface area (Å²) in [6.07, 6.45) is 1.60. The van der Waals surface area contributed by atoms with Gasteiger partial charge in [-0.15, -0.1) is 0 Å². The topological polar surface area (TPSA) is 65.8 Å². The molecule has 1 heterocycles. The number of carbonyl (C=O) groups excluding carboxylic acids is 2. The normalized spacial score (nSPS) is 10.3. The van der Waals surface area contributed by atoms with Crippen molar-refractivity contribution in [3.63, 3.8) is 0 Å². The van der Waals surface area contributed by atoms with E-state index in [1.54, 1.807) is 51.7 Å². The molecule has 0 spiro atoms. The van der Waals surface area contributed by atoms with Gasteiger partial charge in [-0.1, -0.05) is 12.1 Å². The molecule has 0 fully saturated rings. The first-order valence-corrected chi connectivity index (χ1v) is 7.26. The Morgan fingerprint density at radius 2 is 1.83 bits per heavy atom. The van der Waals surface area contributed by atoms with Gasteiger partial charge in [-0.05, 0) is 25.1 Å². The van der Waals surface area contributed by atoms with Crippen molar-refractivity contribution in [3.05, 3.63) is 53.5 Å². The van der Waals surface area contributed by atoms with Gasteiger partial charge >= 0.3 is 6.03 Å². The first kappa shape index (κ1) is 16.6. The second-order valence-corrected chi connectivity index (χ2v) is 5.53. The summed E-state index contributed by atoms with van der Waals surface area (Å²) in [5, 5.41) is 2.79. The van der Waals surface area contributed by atoms with Crippen molar-refractivity contribution in [2.75, 3.05) is 26.5 Å². The zero-order valence-electron chi connectivity index (χ0n) is 13.8. The molecule has 122 valence electrons. The van der Waals surface area contributed by atoms with E-state index in [4.69, 9.17) is 4.42 Å². The molecule has 3 amide bonds. The van der Waals surface area contributed by atoms with E-state index in [0.717, 1.165) is 11.3 Å². The van der Waals surface area contributed by atoms with Crippen molar-refractivity contribution in [1.29, 1.82) is 0 Å². The van der Waals surface area contributed by atoms with E-state index in [0.29, 0.717) is 17.8 Å². The number of carbonyl (C=O) groups is 2. The van der Waals surface area contributed by atoms with Crippen molar-refractivity contribution < 1.29 is 14.0 Å². The summed E-state index contributed by atoms with van der Waals surface area (Å²) in [4.78, 5) is 27.5. The van der Waals surface area contributed by atoms with Gasteiger partial charge in [0.05, 0.1) is 24.1 Å². The maximum absolute atomic E-state index is 12.4. The molecule has 1 aromatic heterocycles. The van der Waals surface area contributed by atoms with Crippen LogP contribution in [-0.2, 0) is 6.54 Å². The standard InChI is InChI=1S/C17H21N3O3/c1-12-13(9-10-23-12)11-20(4)17(22)18-15-8-6-5-7-14(15)16(21)19(2)3/h5-10H,11H2,1-4H3,(H,18,22). The fraction of sp³-hybridized carbons (Fsp3) is 0.294. The fourth-order valence-corrected chi connectivity index (χ4v) is 2.13. The number of amides is 3. The third-order valence-corrected chi connectivity index (χ3v) is 3.53. The highest BCUT2D eigenvalue weighted by Gasteiger charge is 2.17. The molecule has 2 aromatic rings. The summed E-state index contributed by atoms with van der Waals surface area (Å²) < 4.78 is 5.23. The molecule has 0 bridgehead atoms. The molecule has 0 aliphatic carbocycles. The van der Waals surface area contributed by atoms with E-state index in [1.165, 1.54) is 9.80 Å². The van der Waals surface area contributed by atoms with Gasteiger partial charge in [-0.25, -0.2) is 4.79 Å². The Kier molecular flexibility index (Phi) is 5.05. The molecule has 0 radical (unpaired) electrons. The monoisotopic (exact) mass is 315 g/mol. The van der Waals surface area contributed by atoms with E-state index in [9.17, 15) is 9.59 Å². The molecular weight excluding hydrogens is 294 g/mol. The first-order valence-electron chi connectivity index (χ1n) is 7.26. The van der Waals surface area contributed by atoms with E-state index in [2.05, 4.69) is 5.32 Å². The molecule has 0 saturated carbocycles. The van der Waals surface area contributed by atoms with Crippen LogP contribution in [0.4, 0.5) is 10.5 Å². The number of anilines is 1. The Labute approximate surface area is 135 Å². The lowest BCUT2D eigenvalue weighted by molar-refractivity contribution is 0.0828. The molecule has 0 aliphatic rings. The molecule has 0 unspecified atom stereocenters. The second-order valence-electron chi connectivity index (χ2n) is 5.53. The van der Waals surface area contributed by atoms with E-state index < -0.39 is 0 Å². The van der Waals surface area contributed by atoms with Crippen LogP contribution in [0, 0.1) is 6.92 Å². The average Bonchev–Trinajstić information content (AvgIpc) is 2.92. The molecule has 2 rings (SSSR count). The third-order valence-electron chi connectivity index (χ3n) is 3.53.